The van der Waals surface area contributed by atoms with E-state index >= 15 is 0 Å². The van der Waals surface area contributed by atoms with Crippen LogP contribution in [0.3, 0.4) is 0 Å². The number of fused-ring (bicyclic) bond motifs is 1. The first-order chi connectivity index (χ1) is 10.1. The topological polar surface area (TPSA) is 40.5 Å². The quantitative estimate of drug-likeness (QED) is 0.920. The van der Waals surface area contributed by atoms with E-state index < -0.39 is 5.97 Å². The van der Waals surface area contributed by atoms with Crippen LogP contribution in [0.25, 0.3) is 0 Å². The number of halogens is 1. The summed E-state index contributed by atoms with van der Waals surface area (Å²) in [5, 5.41) is 9.93. The molecule has 0 radical (unpaired) electrons. The number of hydrogen-bond acceptors (Lipinski definition) is 2. The zero-order valence-corrected chi connectivity index (χ0v) is 12.3. The number of nitrogens with zero attached hydrogens (tertiary/aromatic N) is 1. The maximum absolute atomic E-state index is 11.4. The lowest BCUT2D eigenvalue weighted by molar-refractivity contribution is 0.0697. The van der Waals surface area contributed by atoms with Gasteiger partial charge < -0.3 is 10.0 Å². The fourth-order valence-electron chi connectivity index (χ4n) is 2.86. The van der Waals surface area contributed by atoms with E-state index in [0.29, 0.717) is 16.3 Å². The summed E-state index contributed by atoms with van der Waals surface area (Å²) < 4.78 is 0. The molecule has 0 spiro atoms. The fourth-order valence-corrected chi connectivity index (χ4v) is 3.02. The maximum atomic E-state index is 11.4. The molecular weight excluding hydrogens is 286 g/mol. The van der Waals surface area contributed by atoms with E-state index in [1.54, 1.807) is 18.2 Å². The number of carbonyl (C=O) groups is 1. The van der Waals surface area contributed by atoms with Crippen molar-refractivity contribution in [2.24, 2.45) is 0 Å². The van der Waals surface area contributed by atoms with Crippen LogP contribution in [0.4, 0.5) is 5.69 Å². The minimum Gasteiger partial charge on any atom is -0.478 e. The van der Waals surface area contributed by atoms with Crippen LogP contribution in [0.5, 0.6) is 0 Å². The molecule has 0 unspecified atom stereocenters. The van der Waals surface area contributed by atoms with E-state index in [2.05, 4.69) is 29.2 Å². The van der Waals surface area contributed by atoms with Crippen molar-refractivity contribution < 1.29 is 9.90 Å². The van der Waals surface area contributed by atoms with Gasteiger partial charge in [-0.1, -0.05) is 35.9 Å². The first-order valence-corrected chi connectivity index (χ1v) is 7.37. The molecule has 2 aromatic carbocycles. The molecule has 0 aliphatic carbocycles. The van der Waals surface area contributed by atoms with E-state index in [1.165, 1.54) is 11.1 Å². The highest BCUT2D eigenvalue weighted by molar-refractivity contribution is 6.31. The van der Waals surface area contributed by atoms with Crippen molar-refractivity contribution in [1.82, 2.24) is 0 Å². The number of carboxylic acid groups (broad SMARTS) is 1. The van der Waals surface area contributed by atoms with Gasteiger partial charge in [-0.15, -0.1) is 0 Å². The predicted molar refractivity (Wildman–Crippen MR) is 84.5 cm³/mol. The largest absolute Gasteiger partial charge is 0.478 e. The van der Waals surface area contributed by atoms with Gasteiger partial charge in [0.2, 0.25) is 0 Å². The van der Waals surface area contributed by atoms with Gasteiger partial charge in [-0.3, -0.25) is 0 Å². The Hall–Kier alpha value is -2.00. The van der Waals surface area contributed by atoms with Gasteiger partial charge in [0, 0.05) is 18.1 Å². The third-order valence-electron chi connectivity index (χ3n) is 3.95. The van der Waals surface area contributed by atoms with Crippen LogP contribution in [-0.2, 0) is 12.8 Å². The Bertz CT molecular complexity index is 657. The molecule has 1 heterocycles. The molecule has 0 amide bonds. The molecule has 0 atom stereocenters. The minimum absolute atomic E-state index is 0.311. The Morgan fingerprint density at radius 2 is 1.67 bits per heavy atom. The summed E-state index contributed by atoms with van der Waals surface area (Å²) in [5.74, 6) is -0.913. The molecule has 1 aliphatic rings. The van der Waals surface area contributed by atoms with Gasteiger partial charge >= 0.3 is 5.97 Å². The Labute approximate surface area is 128 Å². The second kappa shape index (κ2) is 5.78. The van der Waals surface area contributed by atoms with Crippen LogP contribution in [0, 0.1) is 0 Å². The van der Waals surface area contributed by atoms with Crippen LogP contribution in [-0.4, -0.2) is 24.2 Å². The molecule has 1 aliphatic heterocycles. The van der Waals surface area contributed by atoms with E-state index in [4.69, 9.17) is 11.6 Å². The van der Waals surface area contributed by atoms with Crippen LogP contribution < -0.4 is 4.90 Å². The molecule has 21 heavy (non-hydrogen) atoms. The lowest BCUT2D eigenvalue weighted by Crippen LogP contribution is -2.27. The van der Waals surface area contributed by atoms with Gasteiger partial charge in [-0.2, -0.15) is 0 Å². The third-order valence-corrected chi connectivity index (χ3v) is 4.19. The summed E-state index contributed by atoms with van der Waals surface area (Å²) in [5.41, 5.74) is 3.71. The van der Waals surface area contributed by atoms with Crippen LogP contribution in [0.2, 0.25) is 5.02 Å². The Morgan fingerprint density at radius 3 is 2.24 bits per heavy atom. The van der Waals surface area contributed by atoms with Gasteiger partial charge in [0.1, 0.15) is 0 Å². The minimum atomic E-state index is -0.913. The molecule has 4 heteroatoms. The number of carboxylic acids is 1. The SMILES string of the molecule is O=C(O)c1ccc(Cl)cc1N1CCc2ccccc2CC1. The summed E-state index contributed by atoms with van der Waals surface area (Å²) in [6.45, 7) is 1.61. The maximum Gasteiger partial charge on any atom is 0.337 e. The van der Waals surface area contributed by atoms with Gasteiger partial charge in [0.25, 0.3) is 0 Å². The van der Waals surface area contributed by atoms with Crippen molar-refractivity contribution in [2.45, 2.75) is 12.8 Å². The lowest BCUT2D eigenvalue weighted by Gasteiger charge is -2.24. The van der Waals surface area contributed by atoms with Crippen molar-refractivity contribution in [3.63, 3.8) is 0 Å². The molecule has 3 rings (SSSR count). The van der Waals surface area contributed by atoms with Crippen molar-refractivity contribution >= 4 is 23.3 Å². The van der Waals surface area contributed by atoms with Crippen LogP contribution in [0.15, 0.2) is 42.5 Å². The Balaban J connectivity index is 1.93. The molecule has 3 nitrogen and oxygen atoms in total. The zero-order valence-electron chi connectivity index (χ0n) is 11.6. The van der Waals surface area contributed by atoms with Crippen molar-refractivity contribution in [3.8, 4) is 0 Å². The molecular formula is C17H16ClNO2. The highest BCUT2D eigenvalue weighted by atomic mass is 35.5. The molecule has 0 aromatic heterocycles. The van der Waals surface area contributed by atoms with E-state index in [0.717, 1.165) is 25.9 Å². The standard InChI is InChI=1S/C17H16ClNO2/c18-14-5-6-15(17(20)21)16(11-14)19-9-7-12-3-1-2-4-13(12)8-10-19/h1-6,11H,7-10H2,(H,20,21). The number of rotatable bonds is 2. The molecule has 0 saturated carbocycles. The molecule has 1 N–H and O–H groups in total. The monoisotopic (exact) mass is 301 g/mol. The first-order valence-electron chi connectivity index (χ1n) is 7.00. The molecule has 108 valence electrons. The normalized spacial score (nSPS) is 14.4. The van der Waals surface area contributed by atoms with E-state index in [1.807, 2.05) is 0 Å². The summed E-state index contributed by atoms with van der Waals surface area (Å²) in [4.78, 5) is 13.5. The highest BCUT2D eigenvalue weighted by Gasteiger charge is 2.19. The molecule has 0 saturated heterocycles. The molecule has 0 fully saturated rings. The number of anilines is 1. The van der Waals surface area contributed by atoms with Crippen molar-refractivity contribution in [2.75, 3.05) is 18.0 Å². The summed E-state index contributed by atoms with van der Waals surface area (Å²) in [6.07, 6.45) is 1.84. The summed E-state index contributed by atoms with van der Waals surface area (Å²) in [6, 6.07) is 13.4. The van der Waals surface area contributed by atoms with Crippen molar-refractivity contribution in [3.05, 3.63) is 64.2 Å². The van der Waals surface area contributed by atoms with E-state index in [-0.39, 0.29) is 0 Å². The van der Waals surface area contributed by atoms with Crippen molar-refractivity contribution in [1.29, 1.82) is 0 Å². The number of benzene rings is 2. The lowest BCUT2D eigenvalue weighted by atomic mass is 10.0. The predicted octanol–water partition coefficient (Wildman–Crippen LogP) is 3.64. The average molecular weight is 302 g/mol. The Kier molecular flexibility index (Phi) is 3.84. The smallest absolute Gasteiger partial charge is 0.337 e. The van der Waals surface area contributed by atoms with Gasteiger partial charge in [-0.05, 0) is 42.2 Å². The molecule has 2 aromatic rings. The van der Waals surface area contributed by atoms with Crippen LogP contribution >= 0.6 is 11.6 Å². The van der Waals surface area contributed by atoms with Gasteiger partial charge in [0.05, 0.1) is 11.3 Å². The van der Waals surface area contributed by atoms with Gasteiger partial charge in [0.15, 0.2) is 0 Å². The second-order valence-corrected chi connectivity index (χ2v) is 5.66. The second-order valence-electron chi connectivity index (χ2n) is 5.22. The fraction of sp³-hybridized carbons (Fsp3) is 0.235. The third kappa shape index (κ3) is 2.88. The summed E-state index contributed by atoms with van der Waals surface area (Å²) in [7, 11) is 0. The Morgan fingerprint density at radius 1 is 1.05 bits per heavy atom. The van der Waals surface area contributed by atoms with Crippen LogP contribution in [0.1, 0.15) is 21.5 Å². The average Bonchev–Trinajstić information content (AvgIpc) is 2.69. The van der Waals surface area contributed by atoms with Gasteiger partial charge in [-0.25, -0.2) is 4.79 Å². The number of hydrogen-bond donors (Lipinski definition) is 1. The molecule has 0 bridgehead atoms. The zero-order chi connectivity index (χ0) is 14.8. The highest BCUT2D eigenvalue weighted by Crippen LogP contribution is 2.27. The first kappa shape index (κ1) is 14.0. The van der Waals surface area contributed by atoms with E-state index in [9.17, 15) is 9.90 Å². The summed E-state index contributed by atoms with van der Waals surface area (Å²) >= 11 is 6.05. The number of aromatic carboxylic acids is 1.